The second-order valence-electron chi connectivity index (χ2n) is 4.81. The number of hydrogen-bond acceptors (Lipinski definition) is 3. The lowest BCUT2D eigenvalue weighted by Crippen LogP contribution is -2.41. The molecule has 1 aromatic heterocycles. The SMILES string of the molecule is Cc1nn(C)c(Cl)c1CNC1CCOCC1C. The highest BCUT2D eigenvalue weighted by molar-refractivity contribution is 6.30. The Morgan fingerprint density at radius 1 is 1.59 bits per heavy atom. The molecule has 5 heteroatoms. The van der Waals surface area contributed by atoms with Crippen LogP contribution in [-0.4, -0.2) is 29.0 Å². The van der Waals surface area contributed by atoms with E-state index in [-0.39, 0.29) is 0 Å². The Morgan fingerprint density at radius 3 is 2.94 bits per heavy atom. The summed E-state index contributed by atoms with van der Waals surface area (Å²) in [6.07, 6.45) is 1.07. The Bertz CT molecular complexity index is 391. The van der Waals surface area contributed by atoms with E-state index in [9.17, 15) is 0 Å². The fourth-order valence-corrected chi connectivity index (χ4v) is 2.53. The zero-order valence-corrected chi connectivity index (χ0v) is 11.4. The van der Waals surface area contributed by atoms with Gasteiger partial charge in [-0.25, -0.2) is 0 Å². The summed E-state index contributed by atoms with van der Waals surface area (Å²) in [6.45, 7) is 6.69. The van der Waals surface area contributed by atoms with Gasteiger partial charge in [-0.1, -0.05) is 18.5 Å². The molecule has 2 atom stereocenters. The Hall–Kier alpha value is -0.580. The van der Waals surface area contributed by atoms with Crippen LogP contribution in [0.5, 0.6) is 0 Å². The number of ether oxygens (including phenoxy) is 1. The minimum Gasteiger partial charge on any atom is -0.381 e. The zero-order chi connectivity index (χ0) is 12.4. The molecule has 1 aromatic rings. The largest absolute Gasteiger partial charge is 0.381 e. The van der Waals surface area contributed by atoms with Crippen LogP contribution in [0.15, 0.2) is 0 Å². The molecular weight excluding hydrogens is 238 g/mol. The number of aryl methyl sites for hydroxylation is 2. The van der Waals surface area contributed by atoms with Crippen molar-refractivity contribution < 1.29 is 4.74 Å². The van der Waals surface area contributed by atoms with Gasteiger partial charge in [0.05, 0.1) is 12.3 Å². The van der Waals surface area contributed by atoms with Crippen LogP contribution in [0.4, 0.5) is 0 Å². The molecule has 17 heavy (non-hydrogen) atoms. The Balaban J connectivity index is 1.97. The summed E-state index contributed by atoms with van der Waals surface area (Å²) >= 11 is 6.20. The number of hydrogen-bond donors (Lipinski definition) is 1. The van der Waals surface area contributed by atoms with Gasteiger partial charge in [0.25, 0.3) is 0 Å². The molecule has 0 aliphatic carbocycles. The Labute approximate surface area is 107 Å². The van der Waals surface area contributed by atoms with Crippen LogP contribution >= 0.6 is 11.6 Å². The molecule has 0 amide bonds. The number of halogens is 1. The van der Waals surface area contributed by atoms with Gasteiger partial charge in [-0.2, -0.15) is 5.10 Å². The summed E-state index contributed by atoms with van der Waals surface area (Å²) in [6, 6.07) is 0.513. The summed E-state index contributed by atoms with van der Waals surface area (Å²) in [7, 11) is 1.87. The standard InChI is InChI=1S/C12H20ClN3O/c1-8-7-17-5-4-11(8)14-6-10-9(2)15-16(3)12(10)13/h8,11,14H,4-7H2,1-3H3. The van der Waals surface area contributed by atoms with Crippen molar-refractivity contribution in [1.29, 1.82) is 0 Å². The van der Waals surface area contributed by atoms with E-state index >= 15 is 0 Å². The first-order chi connectivity index (χ1) is 8.09. The van der Waals surface area contributed by atoms with Gasteiger partial charge in [-0.05, 0) is 19.3 Å². The van der Waals surface area contributed by atoms with Crippen LogP contribution in [0, 0.1) is 12.8 Å². The molecule has 1 aliphatic rings. The van der Waals surface area contributed by atoms with E-state index < -0.39 is 0 Å². The van der Waals surface area contributed by atoms with Crippen LogP contribution < -0.4 is 5.32 Å². The summed E-state index contributed by atoms with van der Waals surface area (Å²) in [5, 5.41) is 8.61. The van der Waals surface area contributed by atoms with E-state index in [4.69, 9.17) is 16.3 Å². The van der Waals surface area contributed by atoms with Gasteiger partial charge in [0.1, 0.15) is 5.15 Å². The van der Waals surface area contributed by atoms with E-state index in [1.807, 2.05) is 14.0 Å². The Morgan fingerprint density at radius 2 is 2.35 bits per heavy atom. The lowest BCUT2D eigenvalue weighted by molar-refractivity contribution is 0.0386. The van der Waals surface area contributed by atoms with Crippen molar-refractivity contribution in [3.05, 3.63) is 16.4 Å². The van der Waals surface area contributed by atoms with Gasteiger partial charge in [0, 0.05) is 31.8 Å². The first-order valence-corrected chi connectivity index (χ1v) is 6.46. The smallest absolute Gasteiger partial charge is 0.131 e. The van der Waals surface area contributed by atoms with E-state index in [1.165, 1.54) is 0 Å². The minimum absolute atomic E-state index is 0.513. The molecule has 2 heterocycles. The summed E-state index contributed by atoms with van der Waals surface area (Å²) in [4.78, 5) is 0. The third-order valence-electron chi connectivity index (χ3n) is 3.45. The maximum Gasteiger partial charge on any atom is 0.131 e. The fraction of sp³-hybridized carbons (Fsp3) is 0.750. The summed E-state index contributed by atoms with van der Waals surface area (Å²) in [5.41, 5.74) is 2.11. The summed E-state index contributed by atoms with van der Waals surface area (Å²) < 4.78 is 7.16. The van der Waals surface area contributed by atoms with Crippen molar-refractivity contribution in [2.45, 2.75) is 32.9 Å². The molecule has 96 valence electrons. The first-order valence-electron chi connectivity index (χ1n) is 6.08. The summed E-state index contributed by atoms with van der Waals surface area (Å²) in [5.74, 6) is 0.555. The molecule has 1 saturated heterocycles. The van der Waals surface area contributed by atoms with Gasteiger partial charge in [0.2, 0.25) is 0 Å². The van der Waals surface area contributed by atoms with Crippen molar-refractivity contribution >= 4 is 11.6 Å². The highest BCUT2D eigenvalue weighted by Gasteiger charge is 2.22. The van der Waals surface area contributed by atoms with Gasteiger partial charge in [0.15, 0.2) is 0 Å². The molecule has 2 unspecified atom stereocenters. The van der Waals surface area contributed by atoms with Crippen molar-refractivity contribution in [3.63, 3.8) is 0 Å². The third kappa shape index (κ3) is 2.81. The number of aromatic nitrogens is 2. The molecule has 2 rings (SSSR count). The highest BCUT2D eigenvalue weighted by atomic mass is 35.5. The van der Waals surface area contributed by atoms with E-state index in [0.717, 1.165) is 42.6 Å². The second-order valence-corrected chi connectivity index (χ2v) is 5.16. The number of nitrogens with one attached hydrogen (secondary N) is 1. The van der Waals surface area contributed by atoms with Crippen LogP contribution in [-0.2, 0) is 18.3 Å². The van der Waals surface area contributed by atoms with Crippen LogP contribution in [0.3, 0.4) is 0 Å². The van der Waals surface area contributed by atoms with Crippen LogP contribution in [0.25, 0.3) is 0 Å². The fourth-order valence-electron chi connectivity index (χ4n) is 2.29. The Kier molecular flexibility index (Phi) is 4.07. The lowest BCUT2D eigenvalue weighted by atomic mass is 9.97. The molecule has 4 nitrogen and oxygen atoms in total. The topological polar surface area (TPSA) is 39.1 Å². The maximum atomic E-state index is 6.20. The zero-order valence-electron chi connectivity index (χ0n) is 10.7. The highest BCUT2D eigenvalue weighted by Crippen LogP contribution is 2.20. The molecule has 0 aromatic carbocycles. The predicted octanol–water partition coefficient (Wildman–Crippen LogP) is 1.90. The quantitative estimate of drug-likeness (QED) is 0.899. The van der Waals surface area contributed by atoms with Gasteiger partial charge < -0.3 is 10.1 Å². The maximum absolute atomic E-state index is 6.20. The van der Waals surface area contributed by atoms with Gasteiger partial charge in [-0.15, -0.1) is 0 Å². The number of rotatable bonds is 3. The lowest BCUT2D eigenvalue weighted by Gasteiger charge is -2.29. The average Bonchev–Trinajstić information content (AvgIpc) is 2.53. The third-order valence-corrected chi connectivity index (χ3v) is 3.92. The number of nitrogens with zero attached hydrogens (tertiary/aromatic N) is 2. The van der Waals surface area contributed by atoms with E-state index in [1.54, 1.807) is 4.68 Å². The van der Waals surface area contributed by atoms with Crippen LogP contribution in [0.1, 0.15) is 24.6 Å². The molecule has 0 bridgehead atoms. The van der Waals surface area contributed by atoms with E-state index in [0.29, 0.717) is 12.0 Å². The second kappa shape index (κ2) is 5.38. The molecule has 0 saturated carbocycles. The van der Waals surface area contributed by atoms with Gasteiger partial charge >= 0.3 is 0 Å². The van der Waals surface area contributed by atoms with Crippen molar-refractivity contribution in [2.24, 2.45) is 13.0 Å². The molecule has 1 aliphatic heterocycles. The molecule has 1 fully saturated rings. The monoisotopic (exact) mass is 257 g/mol. The first kappa shape index (κ1) is 12.9. The van der Waals surface area contributed by atoms with Crippen molar-refractivity contribution in [1.82, 2.24) is 15.1 Å². The van der Waals surface area contributed by atoms with Crippen LogP contribution in [0.2, 0.25) is 5.15 Å². The molecule has 0 radical (unpaired) electrons. The van der Waals surface area contributed by atoms with E-state index in [2.05, 4.69) is 17.3 Å². The average molecular weight is 258 g/mol. The van der Waals surface area contributed by atoms with Crippen molar-refractivity contribution in [3.8, 4) is 0 Å². The normalized spacial score (nSPS) is 25.2. The molecular formula is C12H20ClN3O. The molecule has 0 spiro atoms. The minimum atomic E-state index is 0.513. The van der Waals surface area contributed by atoms with Crippen molar-refractivity contribution in [2.75, 3.05) is 13.2 Å². The predicted molar refractivity (Wildman–Crippen MR) is 68.2 cm³/mol. The van der Waals surface area contributed by atoms with Gasteiger partial charge in [-0.3, -0.25) is 4.68 Å². The molecule has 1 N–H and O–H groups in total.